The lowest BCUT2D eigenvalue weighted by molar-refractivity contribution is -0.0439. The lowest BCUT2D eigenvalue weighted by atomic mass is 9.85. The summed E-state index contributed by atoms with van der Waals surface area (Å²) in [6.07, 6.45) is 2.19. The van der Waals surface area contributed by atoms with Crippen LogP contribution in [0.4, 0.5) is 0 Å². The molecule has 0 aliphatic carbocycles. The van der Waals surface area contributed by atoms with E-state index >= 15 is 0 Å². The Kier molecular flexibility index (Phi) is 5.54. The standard InChI is InChI=1S/C19H29N3O2/c1-16-4-3-5-17(14-16)18(23)20-15-19(6-8-21(2)9-7-19)22-10-12-24-13-11-22/h3-5,14H,6-13,15H2,1-2H3,(H,20,23). The van der Waals surface area contributed by atoms with E-state index in [1.807, 2.05) is 31.2 Å². The van der Waals surface area contributed by atoms with Gasteiger partial charge in [-0.05, 0) is 52.0 Å². The van der Waals surface area contributed by atoms with Crippen molar-refractivity contribution >= 4 is 5.91 Å². The Hall–Kier alpha value is -1.43. The van der Waals surface area contributed by atoms with Gasteiger partial charge in [-0.2, -0.15) is 0 Å². The summed E-state index contributed by atoms with van der Waals surface area (Å²) >= 11 is 0. The van der Waals surface area contributed by atoms with E-state index in [0.29, 0.717) is 6.54 Å². The fourth-order valence-electron chi connectivity index (χ4n) is 3.81. The molecular formula is C19H29N3O2. The number of carbonyl (C=O) groups is 1. The summed E-state index contributed by atoms with van der Waals surface area (Å²) in [5.74, 6) is 0.0327. The van der Waals surface area contributed by atoms with Gasteiger partial charge in [-0.1, -0.05) is 17.7 Å². The number of likely N-dealkylation sites (tertiary alicyclic amines) is 1. The van der Waals surface area contributed by atoms with E-state index < -0.39 is 0 Å². The molecule has 2 heterocycles. The number of benzene rings is 1. The summed E-state index contributed by atoms with van der Waals surface area (Å²) in [7, 11) is 2.18. The van der Waals surface area contributed by atoms with E-state index in [9.17, 15) is 4.79 Å². The molecule has 2 aliphatic heterocycles. The van der Waals surface area contributed by atoms with Crippen molar-refractivity contribution in [3.8, 4) is 0 Å². The number of aryl methyl sites for hydroxylation is 1. The molecule has 24 heavy (non-hydrogen) atoms. The van der Waals surface area contributed by atoms with Gasteiger partial charge in [0.1, 0.15) is 0 Å². The molecule has 5 nitrogen and oxygen atoms in total. The topological polar surface area (TPSA) is 44.8 Å². The van der Waals surface area contributed by atoms with Gasteiger partial charge in [0.2, 0.25) is 0 Å². The molecule has 0 aromatic heterocycles. The Morgan fingerprint density at radius 2 is 1.92 bits per heavy atom. The molecule has 1 amide bonds. The molecule has 3 rings (SSSR count). The number of rotatable bonds is 4. The molecule has 0 radical (unpaired) electrons. The highest BCUT2D eigenvalue weighted by molar-refractivity contribution is 5.94. The predicted molar refractivity (Wildman–Crippen MR) is 95.4 cm³/mol. The average Bonchev–Trinajstić information content (AvgIpc) is 2.62. The molecule has 0 atom stereocenters. The van der Waals surface area contributed by atoms with E-state index in [-0.39, 0.29) is 11.4 Å². The third-order valence-electron chi connectivity index (χ3n) is 5.46. The molecule has 1 N–H and O–H groups in total. The Bertz CT molecular complexity index is 561. The lowest BCUT2D eigenvalue weighted by Gasteiger charge is -2.49. The molecule has 0 unspecified atom stereocenters. The largest absolute Gasteiger partial charge is 0.379 e. The summed E-state index contributed by atoms with van der Waals surface area (Å²) in [4.78, 5) is 17.5. The van der Waals surface area contributed by atoms with Gasteiger partial charge in [-0.15, -0.1) is 0 Å². The van der Waals surface area contributed by atoms with E-state index in [1.165, 1.54) is 0 Å². The minimum absolute atomic E-state index is 0.0327. The Morgan fingerprint density at radius 3 is 2.58 bits per heavy atom. The smallest absolute Gasteiger partial charge is 0.251 e. The number of piperidine rings is 1. The van der Waals surface area contributed by atoms with Gasteiger partial charge in [-0.3, -0.25) is 9.69 Å². The number of carbonyl (C=O) groups excluding carboxylic acids is 1. The van der Waals surface area contributed by atoms with Crippen molar-refractivity contribution < 1.29 is 9.53 Å². The van der Waals surface area contributed by atoms with Crippen molar-refractivity contribution in [3.05, 3.63) is 35.4 Å². The average molecular weight is 331 g/mol. The van der Waals surface area contributed by atoms with Crippen LogP contribution >= 0.6 is 0 Å². The van der Waals surface area contributed by atoms with E-state index in [0.717, 1.165) is 63.4 Å². The monoisotopic (exact) mass is 331 g/mol. The van der Waals surface area contributed by atoms with Crippen molar-refractivity contribution in [2.75, 3.05) is 53.0 Å². The van der Waals surface area contributed by atoms with Crippen LogP contribution in [0.3, 0.4) is 0 Å². The number of hydrogen-bond donors (Lipinski definition) is 1. The fraction of sp³-hybridized carbons (Fsp3) is 0.632. The van der Waals surface area contributed by atoms with Crippen LogP contribution in [0, 0.1) is 6.92 Å². The molecule has 0 saturated carbocycles. The highest BCUT2D eigenvalue weighted by Gasteiger charge is 2.40. The highest BCUT2D eigenvalue weighted by atomic mass is 16.5. The molecular weight excluding hydrogens is 302 g/mol. The van der Waals surface area contributed by atoms with Gasteiger partial charge in [0.25, 0.3) is 5.91 Å². The second-order valence-corrected chi connectivity index (χ2v) is 7.18. The van der Waals surface area contributed by atoms with E-state index in [2.05, 4.69) is 22.2 Å². The van der Waals surface area contributed by atoms with Crippen molar-refractivity contribution in [3.63, 3.8) is 0 Å². The number of amides is 1. The third-order valence-corrected chi connectivity index (χ3v) is 5.46. The highest BCUT2D eigenvalue weighted by Crippen LogP contribution is 2.29. The van der Waals surface area contributed by atoms with Crippen LogP contribution in [-0.4, -0.2) is 74.2 Å². The number of hydrogen-bond acceptors (Lipinski definition) is 4. The molecule has 0 bridgehead atoms. The minimum atomic E-state index is 0.0327. The first kappa shape index (κ1) is 17.4. The number of morpholine rings is 1. The van der Waals surface area contributed by atoms with Crippen LogP contribution in [-0.2, 0) is 4.74 Å². The Balaban J connectivity index is 1.68. The zero-order valence-electron chi connectivity index (χ0n) is 14.9. The number of ether oxygens (including phenoxy) is 1. The first-order valence-electron chi connectivity index (χ1n) is 8.95. The zero-order chi connectivity index (χ0) is 17.0. The van der Waals surface area contributed by atoms with Crippen molar-refractivity contribution in [2.24, 2.45) is 0 Å². The molecule has 1 aromatic carbocycles. The maximum absolute atomic E-state index is 12.6. The molecule has 1 aromatic rings. The predicted octanol–water partition coefficient (Wildman–Crippen LogP) is 1.52. The van der Waals surface area contributed by atoms with Crippen LogP contribution in [0.2, 0.25) is 0 Å². The maximum atomic E-state index is 12.6. The van der Waals surface area contributed by atoms with Crippen LogP contribution in [0.1, 0.15) is 28.8 Å². The second kappa shape index (κ2) is 7.64. The van der Waals surface area contributed by atoms with Crippen molar-refractivity contribution in [1.82, 2.24) is 15.1 Å². The molecule has 132 valence electrons. The van der Waals surface area contributed by atoms with Gasteiger partial charge in [-0.25, -0.2) is 0 Å². The number of nitrogens with one attached hydrogen (secondary N) is 1. The van der Waals surface area contributed by atoms with Gasteiger partial charge in [0, 0.05) is 30.7 Å². The van der Waals surface area contributed by atoms with Gasteiger partial charge in [0.05, 0.1) is 13.2 Å². The van der Waals surface area contributed by atoms with Crippen molar-refractivity contribution in [2.45, 2.75) is 25.3 Å². The van der Waals surface area contributed by atoms with Crippen LogP contribution in [0.25, 0.3) is 0 Å². The minimum Gasteiger partial charge on any atom is -0.379 e. The second-order valence-electron chi connectivity index (χ2n) is 7.18. The van der Waals surface area contributed by atoms with Crippen LogP contribution < -0.4 is 5.32 Å². The SMILES string of the molecule is Cc1cccc(C(=O)NCC2(N3CCOCC3)CCN(C)CC2)c1. The van der Waals surface area contributed by atoms with Gasteiger partial charge in [0.15, 0.2) is 0 Å². The molecule has 0 spiro atoms. The normalized spacial score (nSPS) is 22.2. The van der Waals surface area contributed by atoms with Crippen molar-refractivity contribution in [1.29, 1.82) is 0 Å². The number of nitrogens with zero attached hydrogens (tertiary/aromatic N) is 2. The molecule has 2 aliphatic rings. The quantitative estimate of drug-likeness (QED) is 0.909. The molecule has 2 saturated heterocycles. The summed E-state index contributed by atoms with van der Waals surface area (Å²) in [5.41, 5.74) is 1.93. The first-order valence-corrected chi connectivity index (χ1v) is 8.95. The Morgan fingerprint density at radius 1 is 1.21 bits per heavy atom. The zero-order valence-corrected chi connectivity index (χ0v) is 14.9. The maximum Gasteiger partial charge on any atom is 0.251 e. The van der Waals surface area contributed by atoms with E-state index in [1.54, 1.807) is 0 Å². The first-order chi connectivity index (χ1) is 11.6. The van der Waals surface area contributed by atoms with Crippen LogP contribution in [0.5, 0.6) is 0 Å². The van der Waals surface area contributed by atoms with E-state index in [4.69, 9.17) is 4.74 Å². The van der Waals surface area contributed by atoms with Gasteiger partial charge < -0.3 is 15.0 Å². The van der Waals surface area contributed by atoms with Gasteiger partial charge >= 0.3 is 0 Å². The Labute approximate surface area is 145 Å². The lowest BCUT2D eigenvalue weighted by Crippen LogP contribution is -2.62. The third kappa shape index (κ3) is 3.97. The molecule has 5 heteroatoms. The summed E-state index contributed by atoms with van der Waals surface area (Å²) in [6.45, 7) is 8.41. The summed E-state index contributed by atoms with van der Waals surface area (Å²) in [6, 6.07) is 7.80. The van der Waals surface area contributed by atoms with Crippen LogP contribution in [0.15, 0.2) is 24.3 Å². The molecule has 2 fully saturated rings. The summed E-state index contributed by atoms with van der Waals surface area (Å²) < 4.78 is 5.53. The fourth-order valence-corrected chi connectivity index (χ4v) is 3.81. The summed E-state index contributed by atoms with van der Waals surface area (Å²) in [5, 5.41) is 3.21.